The van der Waals surface area contributed by atoms with E-state index in [-0.39, 0.29) is 24.9 Å². The Kier molecular flexibility index (Phi) is 49.5. The van der Waals surface area contributed by atoms with Crippen molar-refractivity contribution in [2.24, 2.45) is 0 Å². The van der Waals surface area contributed by atoms with Crippen molar-refractivity contribution in [3.8, 4) is 0 Å². The third-order valence-electron chi connectivity index (χ3n) is 12.7. The van der Waals surface area contributed by atoms with Crippen molar-refractivity contribution < 1.29 is 24.5 Å². The predicted octanol–water partition coefficient (Wildman–Crippen LogP) is 16.8. The molecule has 0 aliphatic carbocycles. The number of esters is 1. The van der Waals surface area contributed by atoms with E-state index < -0.39 is 18.2 Å². The van der Waals surface area contributed by atoms with Crippen molar-refractivity contribution >= 4 is 11.9 Å². The van der Waals surface area contributed by atoms with Gasteiger partial charge in [-0.25, -0.2) is 0 Å². The van der Waals surface area contributed by atoms with Crippen LogP contribution in [0.5, 0.6) is 0 Å². The Labute approximate surface area is 392 Å². The summed E-state index contributed by atoms with van der Waals surface area (Å²) in [7, 11) is 0. The van der Waals surface area contributed by atoms with Crippen molar-refractivity contribution in [2.45, 2.75) is 309 Å². The second kappa shape index (κ2) is 51.1. The molecule has 6 heteroatoms. The van der Waals surface area contributed by atoms with E-state index in [2.05, 4.69) is 62.5 Å². The highest BCUT2D eigenvalue weighted by Gasteiger charge is 2.24. The Hall–Kier alpha value is -1.92. The Morgan fingerprint density at radius 1 is 0.460 bits per heavy atom. The molecule has 63 heavy (non-hydrogen) atoms. The Balaban J connectivity index is 4.53. The summed E-state index contributed by atoms with van der Waals surface area (Å²) < 4.78 is 5.94. The van der Waals surface area contributed by atoms with E-state index in [4.69, 9.17) is 4.74 Å². The minimum atomic E-state index is -0.789. The maximum atomic E-state index is 13.2. The first-order chi connectivity index (χ1) is 31.0. The summed E-state index contributed by atoms with van der Waals surface area (Å²) in [5.41, 5.74) is 0. The lowest BCUT2D eigenvalue weighted by Gasteiger charge is -2.24. The molecule has 0 bridgehead atoms. The van der Waals surface area contributed by atoms with Gasteiger partial charge in [0.25, 0.3) is 0 Å². The van der Waals surface area contributed by atoms with E-state index in [0.717, 1.165) is 70.6 Å². The zero-order valence-corrected chi connectivity index (χ0v) is 42.2. The summed E-state index contributed by atoms with van der Waals surface area (Å²) >= 11 is 0. The number of hydrogen-bond acceptors (Lipinski definition) is 5. The average Bonchev–Trinajstić information content (AvgIpc) is 3.28. The van der Waals surface area contributed by atoms with Gasteiger partial charge in [-0.15, -0.1) is 0 Å². The molecule has 0 spiro atoms. The SMILES string of the molecule is CCCCC/C=C\C/C=C\C/C=C\CCCCCCC(=O)OC(CCCCCCCCCCCCCC)CC(=O)NC(CO)C(O)CCCCCCCCCCCCCCCCC. The van der Waals surface area contributed by atoms with Gasteiger partial charge in [0.05, 0.1) is 25.2 Å². The van der Waals surface area contributed by atoms with Gasteiger partial charge in [0, 0.05) is 6.42 Å². The molecule has 0 aliphatic rings. The zero-order valence-electron chi connectivity index (χ0n) is 42.2. The molecule has 0 saturated heterocycles. The van der Waals surface area contributed by atoms with Gasteiger partial charge < -0.3 is 20.3 Å². The fourth-order valence-corrected chi connectivity index (χ4v) is 8.50. The van der Waals surface area contributed by atoms with Crippen molar-refractivity contribution in [3.63, 3.8) is 0 Å². The molecular weight excluding hydrogens is 779 g/mol. The van der Waals surface area contributed by atoms with E-state index in [9.17, 15) is 19.8 Å². The van der Waals surface area contributed by atoms with Gasteiger partial charge in [-0.1, -0.05) is 250 Å². The standard InChI is InChI=1S/C57H107NO5/c1-4-7-10-13-16-19-22-25-27-28-30-32-35-38-41-44-47-50-57(62)63-53(48-45-42-39-36-33-24-21-18-15-12-9-6-3)51-56(61)58-54(52-59)55(60)49-46-43-40-37-34-31-29-26-23-20-17-14-11-8-5-2/h16,19,25,27,30,32,53-55,59-60H,4-15,17-18,20-24,26,28-29,31,33-52H2,1-3H3,(H,58,61)/b19-16-,27-25-,32-30-. The number of amides is 1. The molecule has 0 saturated carbocycles. The Bertz CT molecular complexity index is 1040. The monoisotopic (exact) mass is 886 g/mol. The first-order valence-corrected chi connectivity index (χ1v) is 27.7. The third-order valence-corrected chi connectivity index (χ3v) is 12.7. The fourth-order valence-electron chi connectivity index (χ4n) is 8.50. The first-order valence-electron chi connectivity index (χ1n) is 27.7. The van der Waals surface area contributed by atoms with Gasteiger partial charge in [0.2, 0.25) is 5.91 Å². The van der Waals surface area contributed by atoms with E-state index in [1.54, 1.807) is 0 Å². The molecule has 6 nitrogen and oxygen atoms in total. The third kappa shape index (κ3) is 46.4. The summed E-state index contributed by atoms with van der Waals surface area (Å²) in [4.78, 5) is 26.2. The lowest BCUT2D eigenvalue weighted by atomic mass is 10.0. The molecule has 0 heterocycles. The minimum absolute atomic E-state index is 0.0726. The minimum Gasteiger partial charge on any atom is -0.462 e. The van der Waals surface area contributed by atoms with Crippen LogP contribution >= 0.6 is 0 Å². The van der Waals surface area contributed by atoms with Crippen LogP contribution < -0.4 is 5.32 Å². The smallest absolute Gasteiger partial charge is 0.306 e. The quantitative estimate of drug-likeness (QED) is 0.0321. The number of allylic oxidation sites excluding steroid dienone is 6. The molecule has 0 aromatic heterocycles. The summed E-state index contributed by atoms with van der Waals surface area (Å²) in [5, 5.41) is 23.8. The normalized spacial score (nSPS) is 13.4. The molecule has 3 N–H and O–H groups in total. The second-order valence-corrected chi connectivity index (χ2v) is 19.0. The van der Waals surface area contributed by atoms with Gasteiger partial charge in [0.15, 0.2) is 0 Å². The van der Waals surface area contributed by atoms with Gasteiger partial charge in [-0.2, -0.15) is 0 Å². The van der Waals surface area contributed by atoms with Crippen LogP contribution in [-0.2, 0) is 14.3 Å². The molecule has 3 unspecified atom stereocenters. The van der Waals surface area contributed by atoms with E-state index >= 15 is 0 Å². The molecular formula is C57H107NO5. The van der Waals surface area contributed by atoms with E-state index in [1.807, 2.05) is 0 Å². The van der Waals surface area contributed by atoms with E-state index in [1.165, 1.54) is 173 Å². The molecule has 0 radical (unpaired) electrons. The molecule has 1 amide bonds. The molecule has 0 aromatic rings. The van der Waals surface area contributed by atoms with Crippen LogP contribution in [0, 0.1) is 0 Å². The molecule has 0 rings (SSSR count). The highest BCUT2D eigenvalue weighted by atomic mass is 16.5. The molecule has 0 aliphatic heterocycles. The number of rotatable bonds is 50. The maximum Gasteiger partial charge on any atom is 0.306 e. The number of ether oxygens (including phenoxy) is 1. The topological polar surface area (TPSA) is 95.9 Å². The molecule has 370 valence electrons. The molecule has 0 aromatic carbocycles. The largest absolute Gasteiger partial charge is 0.462 e. The average molecular weight is 886 g/mol. The number of aliphatic hydroxyl groups excluding tert-OH is 2. The van der Waals surface area contributed by atoms with Crippen molar-refractivity contribution in [1.82, 2.24) is 5.32 Å². The zero-order chi connectivity index (χ0) is 45.9. The van der Waals surface area contributed by atoms with Gasteiger partial charge in [0.1, 0.15) is 6.10 Å². The Morgan fingerprint density at radius 3 is 1.25 bits per heavy atom. The lowest BCUT2D eigenvalue weighted by Crippen LogP contribution is -2.46. The van der Waals surface area contributed by atoms with Crippen LogP contribution in [-0.4, -0.2) is 46.9 Å². The summed E-state index contributed by atoms with van der Waals surface area (Å²) in [6.07, 6.45) is 60.6. The Morgan fingerprint density at radius 2 is 0.810 bits per heavy atom. The van der Waals surface area contributed by atoms with Crippen LogP contribution in [0.1, 0.15) is 290 Å². The highest BCUT2D eigenvalue weighted by molar-refractivity contribution is 5.77. The highest BCUT2D eigenvalue weighted by Crippen LogP contribution is 2.18. The van der Waals surface area contributed by atoms with Crippen LogP contribution in [0.2, 0.25) is 0 Å². The summed E-state index contributed by atoms with van der Waals surface area (Å²) in [6, 6.07) is -0.703. The van der Waals surface area contributed by atoms with Crippen LogP contribution in [0.3, 0.4) is 0 Å². The molecule has 0 fully saturated rings. The number of unbranched alkanes of at least 4 members (excludes halogenated alkanes) is 32. The van der Waals surface area contributed by atoms with Crippen molar-refractivity contribution in [3.05, 3.63) is 36.5 Å². The predicted molar refractivity (Wildman–Crippen MR) is 273 cm³/mol. The van der Waals surface area contributed by atoms with Crippen LogP contribution in [0.4, 0.5) is 0 Å². The van der Waals surface area contributed by atoms with E-state index in [0.29, 0.717) is 19.3 Å². The number of carbonyl (C=O) groups excluding carboxylic acids is 2. The lowest BCUT2D eigenvalue weighted by molar-refractivity contribution is -0.151. The van der Waals surface area contributed by atoms with Crippen molar-refractivity contribution in [2.75, 3.05) is 6.61 Å². The maximum absolute atomic E-state index is 13.2. The van der Waals surface area contributed by atoms with Gasteiger partial charge in [-0.05, 0) is 64.2 Å². The number of hydrogen-bond donors (Lipinski definition) is 3. The first kappa shape index (κ1) is 61.1. The number of aliphatic hydroxyl groups is 2. The van der Waals surface area contributed by atoms with Gasteiger partial charge in [-0.3, -0.25) is 9.59 Å². The van der Waals surface area contributed by atoms with Crippen LogP contribution in [0.15, 0.2) is 36.5 Å². The molecule has 3 atom stereocenters. The van der Waals surface area contributed by atoms with Crippen molar-refractivity contribution in [1.29, 1.82) is 0 Å². The van der Waals surface area contributed by atoms with Gasteiger partial charge >= 0.3 is 5.97 Å². The fraction of sp³-hybridized carbons (Fsp3) is 0.860. The summed E-state index contributed by atoms with van der Waals surface area (Å²) in [6.45, 7) is 6.47. The second-order valence-electron chi connectivity index (χ2n) is 19.0. The summed E-state index contributed by atoms with van der Waals surface area (Å²) in [5.74, 6) is -0.486. The number of nitrogens with one attached hydrogen (secondary N) is 1. The number of carbonyl (C=O) groups is 2. The van der Waals surface area contributed by atoms with Crippen LogP contribution in [0.25, 0.3) is 0 Å².